The van der Waals surface area contributed by atoms with Crippen LogP contribution in [-0.4, -0.2) is 10.1 Å². The van der Waals surface area contributed by atoms with Crippen molar-refractivity contribution in [1.82, 2.24) is 9.88 Å². The normalized spacial score (nSPS) is 12.7. The third-order valence-electron chi connectivity index (χ3n) is 5.36. The van der Waals surface area contributed by atoms with E-state index in [-0.39, 0.29) is 5.54 Å². The summed E-state index contributed by atoms with van der Waals surface area (Å²) < 4.78 is 2.39. The molecule has 0 unspecified atom stereocenters. The SMILES string of the molecule is Cc1c(CNC(C)(C)CC(C)(C)C)c2ccccc2n1Cc1ccccc1Cl. The molecule has 3 rings (SSSR count). The van der Waals surface area contributed by atoms with Gasteiger partial charge in [-0.3, -0.25) is 0 Å². The van der Waals surface area contributed by atoms with E-state index in [1.807, 2.05) is 12.1 Å². The zero-order chi connectivity index (χ0) is 20.5. The summed E-state index contributed by atoms with van der Waals surface area (Å²) in [4.78, 5) is 0. The van der Waals surface area contributed by atoms with E-state index in [4.69, 9.17) is 11.6 Å². The first kappa shape index (κ1) is 21.0. The summed E-state index contributed by atoms with van der Waals surface area (Å²) in [6.45, 7) is 15.4. The van der Waals surface area contributed by atoms with Crippen molar-refractivity contribution >= 4 is 22.5 Å². The van der Waals surface area contributed by atoms with Gasteiger partial charge in [0.1, 0.15) is 0 Å². The van der Waals surface area contributed by atoms with Gasteiger partial charge in [0.2, 0.25) is 0 Å². The quantitative estimate of drug-likeness (QED) is 0.476. The monoisotopic (exact) mass is 396 g/mol. The van der Waals surface area contributed by atoms with Crippen molar-refractivity contribution in [1.29, 1.82) is 0 Å². The van der Waals surface area contributed by atoms with Gasteiger partial charge in [-0.15, -0.1) is 0 Å². The number of benzene rings is 2. The molecule has 28 heavy (non-hydrogen) atoms. The van der Waals surface area contributed by atoms with Gasteiger partial charge in [-0.05, 0) is 55.9 Å². The van der Waals surface area contributed by atoms with Gasteiger partial charge in [-0.25, -0.2) is 0 Å². The Morgan fingerprint density at radius 3 is 2.25 bits per heavy atom. The van der Waals surface area contributed by atoms with Crippen LogP contribution in [0.5, 0.6) is 0 Å². The Hall–Kier alpha value is -1.77. The van der Waals surface area contributed by atoms with Gasteiger partial charge in [0, 0.05) is 40.2 Å². The van der Waals surface area contributed by atoms with Gasteiger partial charge in [-0.1, -0.05) is 68.8 Å². The smallest absolute Gasteiger partial charge is 0.0493 e. The van der Waals surface area contributed by atoms with E-state index < -0.39 is 0 Å². The maximum atomic E-state index is 6.44. The standard InChI is InChI=1S/C25H33ClN2/c1-18-21(15-27-25(5,6)17-24(2,3)4)20-12-8-10-14-23(20)28(18)16-19-11-7-9-13-22(19)26/h7-14,27H,15-17H2,1-6H3. The summed E-state index contributed by atoms with van der Waals surface area (Å²) in [5.74, 6) is 0. The summed E-state index contributed by atoms with van der Waals surface area (Å²) in [6, 6.07) is 16.8. The largest absolute Gasteiger partial charge is 0.340 e. The number of hydrogen-bond donors (Lipinski definition) is 1. The lowest BCUT2D eigenvalue weighted by Crippen LogP contribution is -2.41. The van der Waals surface area contributed by atoms with E-state index in [1.165, 1.54) is 22.2 Å². The molecular formula is C25H33ClN2. The maximum Gasteiger partial charge on any atom is 0.0493 e. The highest BCUT2D eigenvalue weighted by Crippen LogP contribution is 2.30. The Kier molecular flexibility index (Phi) is 5.93. The van der Waals surface area contributed by atoms with Gasteiger partial charge in [0.05, 0.1) is 0 Å². The molecule has 0 aliphatic heterocycles. The van der Waals surface area contributed by atoms with Gasteiger partial charge in [0.15, 0.2) is 0 Å². The topological polar surface area (TPSA) is 17.0 Å². The molecule has 150 valence electrons. The third-order valence-corrected chi connectivity index (χ3v) is 5.73. The number of para-hydroxylation sites is 1. The van der Waals surface area contributed by atoms with Crippen molar-refractivity contribution < 1.29 is 0 Å². The Balaban J connectivity index is 1.94. The number of rotatable bonds is 6. The lowest BCUT2D eigenvalue weighted by Gasteiger charge is -2.33. The second kappa shape index (κ2) is 7.93. The van der Waals surface area contributed by atoms with Crippen LogP contribution in [0.1, 0.15) is 57.9 Å². The Labute approximate surface area is 174 Å². The number of aromatic nitrogens is 1. The highest BCUT2D eigenvalue weighted by Gasteiger charge is 2.25. The molecule has 0 radical (unpaired) electrons. The molecule has 1 aromatic heterocycles. The predicted molar refractivity (Wildman–Crippen MR) is 122 cm³/mol. The molecule has 0 bridgehead atoms. The first-order valence-corrected chi connectivity index (χ1v) is 10.5. The molecule has 0 saturated heterocycles. The van der Waals surface area contributed by atoms with Crippen LogP contribution in [0.2, 0.25) is 5.02 Å². The molecule has 0 spiro atoms. The zero-order valence-corrected chi connectivity index (χ0v) is 18.8. The number of fused-ring (bicyclic) bond motifs is 1. The van der Waals surface area contributed by atoms with Gasteiger partial charge in [-0.2, -0.15) is 0 Å². The lowest BCUT2D eigenvalue weighted by molar-refractivity contribution is 0.241. The van der Waals surface area contributed by atoms with E-state index in [0.717, 1.165) is 30.1 Å². The zero-order valence-electron chi connectivity index (χ0n) is 18.1. The minimum atomic E-state index is 0.0800. The Morgan fingerprint density at radius 2 is 1.57 bits per heavy atom. The summed E-state index contributed by atoms with van der Waals surface area (Å²) in [5, 5.41) is 5.96. The highest BCUT2D eigenvalue weighted by atomic mass is 35.5. The van der Waals surface area contributed by atoms with Crippen LogP contribution in [0, 0.1) is 12.3 Å². The predicted octanol–water partition coefficient (Wildman–Crippen LogP) is 6.96. The van der Waals surface area contributed by atoms with Gasteiger partial charge in [0.25, 0.3) is 0 Å². The Bertz CT molecular complexity index is 960. The van der Waals surface area contributed by atoms with Crippen LogP contribution in [0.4, 0.5) is 0 Å². The van der Waals surface area contributed by atoms with Crippen molar-refractivity contribution in [3.63, 3.8) is 0 Å². The van der Waals surface area contributed by atoms with E-state index in [2.05, 4.69) is 87.8 Å². The molecule has 2 nitrogen and oxygen atoms in total. The van der Waals surface area contributed by atoms with Crippen LogP contribution >= 0.6 is 11.6 Å². The van der Waals surface area contributed by atoms with Crippen molar-refractivity contribution in [3.05, 3.63) is 70.4 Å². The first-order valence-electron chi connectivity index (χ1n) is 10.1. The number of hydrogen-bond acceptors (Lipinski definition) is 1. The summed E-state index contributed by atoms with van der Waals surface area (Å²) in [7, 11) is 0. The van der Waals surface area contributed by atoms with Crippen LogP contribution in [0.15, 0.2) is 48.5 Å². The number of nitrogens with zero attached hydrogens (tertiary/aromatic N) is 1. The maximum absolute atomic E-state index is 6.44. The molecule has 0 fully saturated rings. The molecule has 0 aliphatic carbocycles. The third kappa shape index (κ3) is 4.79. The molecule has 1 N–H and O–H groups in total. The van der Waals surface area contributed by atoms with Crippen LogP contribution in [0.3, 0.4) is 0 Å². The molecule has 3 heteroatoms. The lowest BCUT2D eigenvalue weighted by atomic mass is 9.81. The second-order valence-corrected chi connectivity index (χ2v) is 10.1. The summed E-state index contributed by atoms with van der Waals surface area (Å²) in [5.41, 5.74) is 5.48. The van der Waals surface area contributed by atoms with Crippen molar-refractivity contribution in [2.75, 3.05) is 0 Å². The molecule has 0 atom stereocenters. The minimum absolute atomic E-state index is 0.0800. The van der Waals surface area contributed by atoms with Crippen LogP contribution in [0.25, 0.3) is 10.9 Å². The molecule has 3 aromatic rings. The molecule has 1 heterocycles. The van der Waals surface area contributed by atoms with Gasteiger partial charge >= 0.3 is 0 Å². The molecule has 2 aromatic carbocycles. The van der Waals surface area contributed by atoms with E-state index in [9.17, 15) is 0 Å². The molecule has 0 saturated carbocycles. The van der Waals surface area contributed by atoms with Crippen molar-refractivity contribution in [2.24, 2.45) is 5.41 Å². The minimum Gasteiger partial charge on any atom is -0.340 e. The van der Waals surface area contributed by atoms with E-state index in [1.54, 1.807) is 0 Å². The second-order valence-electron chi connectivity index (χ2n) is 9.73. The van der Waals surface area contributed by atoms with Crippen molar-refractivity contribution in [3.8, 4) is 0 Å². The number of halogens is 1. The fraction of sp³-hybridized carbons (Fsp3) is 0.440. The fourth-order valence-electron chi connectivity index (χ4n) is 4.44. The molecule has 0 amide bonds. The average Bonchev–Trinajstić information content (AvgIpc) is 2.85. The van der Waals surface area contributed by atoms with Crippen LogP contribution in [-0.2, 0) is 13.1 Å². The first-order chi connectivity index (χ1) is 13.1. The average molecular weight is 397 g/mol. The molecular weight excluding hydrogens is 364 g/mol. The van der Waals surface area contributed by atoms with Crippen LogP contribution < -0.4 is 5.32 Å². The summed E-state index contributed by atoms with van der Waals surface area (Å²) >= 11 is 6.44. The van der Waals surface area contributed by atoms with Crippen molar-refractivity contribution in [2.45, 2.75) is 66.6 Å². The van der Waals surface area contributed by atoms with E-state index in [0.29, 0.717) is 5.41 Å². The Morgan fingerprint density at radius 1 is 0.929 bits per heavy atom. The van der Waals surface area contributed by atoms with Gasteiger partial charge < -0.3 is 9.88 Å². The fourth-order valence-corrected chi connectivity index (χ4v) is 4.64. The molecule has 0 aliphatic rings. The number of nitrogens with one attached hydrogen (secondary N) is 1. The highest BCUT2D eigenvalue weighted by molar-refractivity contribution is 6.31. The summed E-state index contributed by atoms with van der Waals surface area (Å²) in [6.07, 6.45) is 1.12. The van der Waals surface area contributed by atoms with E-state index >= 15 is 0 Å².